The van der Waals surface area contributed by atoms with Crippen molar-refractivity contribution in [1.82, 2.24) is 9.78 Å². The largest absolute Gasteiger partial charge is 0.384 e. The number of aromatic nitrogens is 2. The summed E-state index contributed by atoms with van der Waals surface area (Å²) in [6.07, 6.45) is 4.42. The van der Waals surface area contributed by atoms with Crippen LogP contribution in [0.4, 0.5) is 5.82 Å². The lowest BCUT2D eigenvalue weighted by Gasteiger charge is -2.15. The van der Waals surface area contributed by atoms with E-state index in [-0.39, 0.29) is 0 Å². The van der Waals surface area contributed by atoms with Gasteiger partial charge in [0.1, 0.15) is 5.82 Å². The molecule has 4 heteroatoms. The van der Waals surface area contributed by atoms with Crippen LogP contribution in [-0.2, 0) is 11.8 Å². The lowest BCUT2D eigenvalue weighted by molar-refractivity contribution is 0.100. The van der Waals surface area contributed by atoms with Gasteiger partial charge in [-0.05, 0) is 19.3 Å². The molecule has 0 radical (unpaired) electrons. The van der Waals surface area contributed by atoms with E-state index in [2.05, 4.69) is 5.10 Å². The summed E-state index contributed by atoms with van der Waals surface area (Å²) >= 11 is 0. The predicted molar refractivity (Wildman–Crippen MR) is 52.9 cm³/mol. The summed E-state index contributed by atoms with van der Waals surface area (Å²) in [4.78, 5) is 0. The monoisotopic (exact) mass is 193 g/mol. The molecule has 3 rings (SSSR count). The molecular weight excluding hydrogens is 178 g/mol. The van der Waals surface area contributed by atoms with Crippen LogP contribution >= 0.6 is 0 Å². The molecule has 0 aliphatic carbocycles. The molecule has 1 aromatic heterocycles. The van der Waals surface area contributed by atoms with Crippen LogP contribution < -0.4 is 5.73 Å². The van der Waals surface area contributed by atoms with Crippen LogP contribution in [0.3, 0.4) is 0 Å². The molecule has 0 amide bonds. The van der Waals surface area contributed by atoms with E-state index in [4.69, 9.17) is 10.5 Å². The highest BCUT2D eigenvalue weighted by Crippen LogP contribution is 2.44. The quantitative estimate of drug-likeness (QED) is 0.725. The molecular formula is C10H15N3O. The minimum atomic E-state index is 0.397. The Kier molecular flexibility index (Phi) is 1.62. The van der Waals surface area contributed by atoms with Gasteiger partial charge < -0.3 is 10.5 Å². The standard InChI is InChI=1S/C10H15N3O/c1-13-10(11)5-8(12-13)7-4-6-2-3-9(7)14-6/h5-7,9H,2-4,11H2,1H3/t6-,7+,9+/m1/s1. The zero-order valence-corrected chi connectivity index (χ0v) is 8.31. The molecule has 2 saturated heterocycles. The van der Waals surface area contributed by atoms with Gasteiger partial charge in [0, 0.05) is 19.0 Å². The maximum absolute atomic E-state index is 5.80. The Balaban J connectivity index is 1.89. The highest BCUT2D eigenvalue weighted by molar-refractivity contribution is 5.33. The third-order valence-electron chi connectivity index (χ3n) is 3.42. The molecule has 76 valence electrons. The molecule has 3 atom stereocenters. The smallest absolute Gasteiger partial charge is 0.121 e. The van der Waals surface area contributed by atoms with E-state index in [1.54, 1.807) is 4.68 Å². The SMILES string of the molecule is Cn1nc([C@@H]2C[C@H]3CC[C@@H]2O3)cc1N. The predicted octanol–water partition coefficient (Wildman–Crippen LogP) is 1.04. The van der Waals surface area contributed by atoms with Crippen LogP contribution in [0.5, 0.6) is 0 Å². The molecule has 0 saturated carbocycles. The van der Waals surface area contributed by atoms with E-state index < -0.39 is 0 Å². The normalized spacial score (nSPS) is 35.4. The summed E-state index contributed by atoms with van der Waals surface area (Å²) in [6.45, 7) is 0. The van der Waals surface area contributed by atoms with Crippen molar-refractivity contribution < 1.29 is 4.74 Å². The van der Waals surface area contributed by atoms with Gasteiger partial charge in [-0.3, -0.25) is 4.68 Å². The third-order valence-corrected chi connectivity index (χ3v) is 3.42. The number of ether oxygens (including phenoxy) is 1. The molecule has 2 bridgehead atoms. The van der Waals surface area contributed by atoms with Crippen LogP contribution in [-0.4, -0.2) is 22.0 Å². The summed E-state index contributed by atoms with van der Waals surface area (Å²) < 4.78 is 7.54. The van der Waals surface area contributed by atoms with Crippen molar-refractivity contribution in [2.24, 2.45) is 7.05 Å². The molecule has 0 unspecified atom stereocenters. The maximum atomic E-state index is 5.80. The topological polar surface area (TPSA) is 53.1 Å². The number of rotatable bonds is 1. The molecule has 2 N–H and O–H groups in total. The average molecular weight is 193 g/mol. The van der Waals surface area contributed by atoms with Crippen LogP contribution in [0.2, 0.25) is 0 Å². The van der Waals surface area contributed by atoms with Gasteiger partial charge in [-0.2, -0.15) is 5.10 Å². The average Bonchev–Trinajstić information content (AvgIpc) is 2.82. The summed E-state index contributed by atoms with van der Waals surface area (Å²) in [7, 11) is 1.88. The number of hydrogen-bond donors (Lipinski definition) is 1. The van der Waals surface area contributed by atoms with Gasteiger partial charge in [0.15, 0.2) is 0 Å². The number of hydrogen-bond acceptors (Lipinski definition) is 3. The van der Waals surface area contributed by atoms with Gasteiger partial charge in [-0.25, -0.2) is 0 Å². The van der Waals surface area contributed by atoms with Gasteiger partial charge in [0.25, 0.3) is 0 Å². The Labute approximate surface area is 83.0 Å². The molecule has 0 spiro atoms. The van der Waals surface area contributed by atoms with Crippen molar-refractivity contribution >= 4 is 5.82 Å². The lowest BCUT2D eigenvalue weighted by atomic mass is 9.87. The zero-order chi connectivity index (χ0) is 9.71. The maximum Gasteiger partial charge on any atom is 0.121 e. The number of aryl methyl sites for hydroxylation is 1. The Morgan fingerprint density at radius 3 is 2.93 bits per heavy atom. The Morgan fingerprint density at radius 2 is 2.43 bits per heavy atom. The first kappa shape index (κ1) is 8.29. The van der Waals surface area contributed by atoms with Crippen molar-refractivity contribution in [2.75, 3.05) is 5.73 Å². The van der Waals surface area contributed by atoms with E-state index in [0.717, 1.165) is 17.9 Å². The fraction of sp³-hybridized carbons (Fsp3) is 0.700. The summed E-state index contributed by atoms with van der Waals surface area (Å²) in [5, 5.41) is 4.42. The molecule has 1 aromatic rings. The van der Waals surface area contributed by atoms with E-state index >= 15 is 0 Å². The molecule has 2 aliphatic rings. The molecule has 2 fully saturated rings. The minimum absolute atomic E-state index is 0.397. The fourth-order valence-electron chi connectivity index (χ4n) is 2.64. The second kappa shape index (κ2) is 2.73. The second-order valence-corrected chi connectivity index (χ2v) is 4.33. The van der Waals surface area contributed by atoms with Crippen molar-refractivity contribution in [1.29, 1.82) is 0 Å². The van der Waals surface area contributed by atoms with E-state index in [9.17, 15) is 0 Å². The highest BCUT2D eigenvalue weighted by Gasteiger charge is 2.42. The number of nitrogens with two attached hydrogens (primary N) is 1. The Bertz CT molecular complexity index is 341. The minimum Gasteiger partial charge on any atom is -0.384 e. The molecule has 4 nitrogen and oxygen atoms in total. The lowest BCUT2D eigenvalue weighted by Crippen LogP contribution is -2.14. The van der Waals surface area contributed by atoms with Gasteiger partial charge in [0.2, 0.25) is 0 Å². The molecule has 3 heterocycles. The molecule has 2 aliphatic heterocycles. The summed E-state index contributed by atoms with van der Waals surface area (Å²) in [6, 6.07) is 1.98. The Morgan fingerprint density at radius 1 is 1.57 bits per heavy atom. The van der Waals surface area contributed by atoms with Gasteiger partial charge in [-0.1, -0.05) is 0 Å². The first-order valence-electron chi connectivity index (χ1n) is 5.19. The van der Waals surface area contributed by atoms with E-state index in [1.165, 1.54) is 12.8 Å². The second-order valence-electron chi connectivity index (χ2n) is 4.33. The summed E-state index contributed by atoms with van der Waals surface area (Å²) in [5.74, 6) is 1.22. The van der Waals surface area contributed by atoms with Gasteiger partial charge in [0.05, 0.1) is 17.9 Å². The van der Waals surface area contributed by atoms with E-state index in [0.29, 0.717) is 18.1 Å². The molecule has 14 heavy (non-hydrogen) atoms. The number of fused-ring (bicyclic) bond motifs is 2. The van der Waals surface area contributed by atoms with Gasteiger partial charge >= 0.3 is 0 Å². The van der Waals surface area contributed by atoms with Crippen LogP contribution in [0.25, 0.3) is 0 Å². The number of nitrogens with zero attached hydrogens (tertiary/aromatic N) is 2. The first-order chi connectivity index (χ1) is 6.74. The van der Waals surface area contributed by atoms with Crippen molar-refractivity contribution in [3.05, 3.63) is 11.8 Å². The van der Waals surface area contributed by atoms with Crippen LogP contribution in [0.1, 0.15) is 30.9 Å². The zero-order valence-electron chi connectivity index (χ0n) is 8.31. The number of nitrogen functional groups attached to an aromatic ring is 1. The third kappa shape index (κ3) is 1.07. The summed E-state index contributed by atoms with van der Waals surface area (Å²) in [5.41, 5.74) is 6.87. The van der Waals surface area contributed by atoms with Crippen LogP contribution in [0.15, 0.2) is 6.07 Å². The number of anilines is 1. The van der Waals surface area contributed by atoms with Crippen molar-refractivity contribution in [3.63, 3.8) is 0 Å². The first-order valence-corrected chi connectivity index (χ1v) is 5.19. The Hall–Kier alpha value is -1.03. The van der Waals surface area contributed by atoms with Gasteiger partial charge in [-0.15, -0.1) is 0 Å². The van der Waals surface area contributed by atoms with E-state index in [1.807, 2.05) is 13.1 Å². The van der Waals surface area contributed by atoms with Crippen molar-refractivity contribution in [2.45, 2.75) is 37.4 Å². The highest BCUT2D eigenvalue weighted by atomic mass is 16.5. The fourth-order valence-corrected chi connectivity index (χ4v) is 2.64. The van der Waals surface area contributed by atoms with Crippen LogP contribution in [0, 0.1) is 0 Å². The molecule has 0 aromatic carbocycles. The van der Waals surface area contributed by atoms with Crippen molar-refractivity contribution in [3.8, 4) is 0 Å².